The van der Waals surface area contributed by atoms with Crippen molar-refractivity contribution in [3.63, 3.8) is 0 Å². The van der Waals surface area contributed by atoms with Crippen LogP contribution in [0.1, 0.15) is 36.4 Å². The number of aromatic nitrogens is 1. The van der Waals surface area contributed by atoms with Crippen LogP contribution in [-0.4, -0.2) is 21.6 Å². The van der Waals surface area contributed by atoms with Crippen LogP contribution in [0, 0.1) is 23.2 Å². The number of allylic oxidation sites excluding steroid dienone is 2. The van der Waals surface area contributed by atoms with Gasteiger partial charge in [0.15, 0.2) is 5.70 Å². The van der Waals surface area contributed by atoms with Crippen LogP contribution in [-0.2, 0) is 0 Å². The highest BCUT2D eigenvalue weighted by Crippen LogP contribution is 2.44. The molecular weight excluding hydrogens is 451 g/mol. The summed E-state index contributed by atoms with van der Waals surface area (Å²) < 4.78 is 48.8. The van der Waals surface area contributed by atoms with Crippen LogP contribution in [0.25, 0.3) is 5.57 Å². The quantitative estimate of drug-likeness (QED) is 0.398. The zero-order valence-corrected chi connectivity index (χ0v) is 17.0. The Balaban J connectivity index is 2.22. The van der Waals surface area contributed by atoms with Gasteiger partial charge in [0.05, 0.1) is 5.57 Å². The third kappa shape index (κ3) is 2.22. The lowest BCUT2D eigenvalue weighted by Gasteiger charge is -2.34. The molecule has 7 heteroatoms. The molecule has 0 N–H and O–H groups in total. The molecule has 2 aromatic rings. The van der Waals surface area contributed by atoms with Gasteiger partial charge in [0, 0.05) is 33.4 Å². The Morgan fingerprint density at radius 1 is 1.08 bits per heavy atom. The molecule has 1 aromatic carbocycles. The Labute approximate surface area is 163 Å². The van der Waals surface area contributed by atoms with Crippen LogP contribution >= 0.6 is 22.6 Å². The van der Waals surface area contributed by atoms with Crippen LogP contribution in [0.2, 0.25) is 0 Å². The zero-order chi connectivity index (χ0) is 19.0. The zero-order valence-electron chi connectivity index (χ0n) is 14.9. The van der Waals surface area contributed by atoms with E-state index in [-0.39, 0.29) is 0 Å². The van der Waals surface area contributed by atoms with Crippen molar-refractivity contribution in [3.05, 3.63) is 73.5 Å². The summed E-state index contributed by atoms with van der Waals surface area (Å²) >= 11 is 2.11. The van der Waals surface area contributed by atoms with Crippen molar-refractivity contribution in [2.75, 3.05) is 0 Å². The Hall–Kier alpha value is -1.77. The minimum Gasteiger partial charge on any atom is -0.393 e. The molecule has 0 unspecified atom stereocenters. The summed E-state index contributed by atoms with van der Waals surface area (Å²) in [5.74, 6) is -0.410. The van der Waals surface area contributed by atoms with Crippen LogP contribution < -0.4 is 0 Å². The van der Waals surface area contributed by atoms with E-state index in [4.69, 9.17) is 0 Å². The molecule has 0 saturated heterocycles. The first-order valence-electron chi connectivity index (χ1n) is 8.37. The second kappa shape index (κ2) is 5.61. The van der Waals surface area contributed by atoms with Crippen LogP contribution in [0.3, 0.4) is 0 Å². The maximum atomic E-state index is 15.5. The van der Waals surface area contributed by atoms with Gasteiger partial charge in [-0.25, -0.2) is 4.39 Å². The molecular formula is C19H17BF3IN2. The molecule has 134 valence electrons. The Bertz CT molecular complexity index is 1080. The molecule has 0 spiro atoms. The Kier molecular flexibility index (Phi) is 3.81. The van der Waals surface area contributed by atoms with Gasteiger partial charge in [0.2, 0.25) is 0 Å². The third-order valence-corrected chi connectivity index (χ3v) is 5.80. The van der Waals surface area contributed by atoms with E-state index in [1.807, 2.05) is 0 Å². The van der Waals surface area contributed by atoms with Gasteiger partial charge in [-0.15, -0.1) is 0 Å². The summed E-state index contributed by atoms with van der Waals surface area (Å²) in [6, 6.07) is 6.54. The molecule has 2 aliphatic rings. The second-order valence-corrected chi connectivity index (χ2v) is 8.21. The number of rotatable bonds is 1. The number of hydrogen-bond acceptors (Lipinski definition) is 0. The molecule has 0 bridgehead atoms. The molecule has 0 atom stereocenters. The normalized spacial score (nSPS) is 18.2. The maximum absolute atomic E-state index is 15.5. The van der Waals surface area contributed by atoms with Crippen molar-refractivity contribution < 1.29 is 17.5 Å². The first-order chi connectivity index (χ1) is 12.1. The van der Waals surface area contributed by atoms with Crippen LogP contribution in [0.4, 0.5) is 13.0 Å². The third-order valence-electron chi connectivity index (χ3n) is 5.13. The summed E-state index contributed by atoms with van der Waals surface area (Å²) in [6.45, 7) is 2.92. The number of halogens is 4. The van der Waals surface area contributed by atoms with Crippen molar-refractivity contribution in [2.24, 2.45) is 0 Å². The van der Waals surface area contributed by atoms with Gasteiger partial charge in [0.25, 0.3) is 0 Å². The predicted octanol–water partition coefficient (Wildman–Crippen LogP) is 5.28. The van der Waals surface area contributed by atoms with Gasteiger partial charge in [-0.2, -0.15) is 0 Å². The monoisotopic (exact) mass is 468 g/mol. The van der Waals surface area contributed by atoms with E-state index >= 15 is 8.63 Å². The number of benzene rings is 1. The number of hydrogen-bond donors (Lipinski definition) is 0. The molecule has 4 rings (SSSR count). The second-order valence-electron chi connectivity index (χ2n) is 6.96. The van der Waals surface area contributed by atoms with Gasteiger partial charge in [-0.05, 0) is 78.9 Å². The Morgan fingerprint density at radius 3 is 2.46 bits per heavy atom. The lowest BCUT2D eigenvalue weighted by atomic mass is 9.83. The van der Waals surface area contributed by atoms with Crippen molar-refractivity contribution >= 4 is 40.8 Å². The van der Waals surface area contributed by atoms with E-state index < -0.39 is 12.8 Å². The van der Waals surface area contributed by atoms with E-state index in [2.05, 4.69) is 22.6 Å². The molecule has 1 aromatic heterocycles. The Morgan fingerprint density at radius 2 is 1.77 bits per heavy atom. The van der Waals surface area contributed by atoms with Crippen molar-refractivity contribution in [2.45, 2.75) is 27.7 Å². The minimum atomic E-state index is -4.03. The fourth-order valence-electron chi connectivity index (χ4n) is 4.24. The van der Waals surface area contributed by atoms with E-state index in [1.54, 1.807) is 52.0 Å². The van der Waals surface area contributed by atoms with Gasteiger partial charge < -0.3 is 17.6 Å². The summed E-state index contributed by atoms with van der Waals surface area (Å²) in [4.78, 5) is 0. The van der Waals surface area contributed by atoms with Gasteiger partial charge >= 0.3 is 6.97 Å². The minimum absolute atomic E-state index is 0.355. The average molecular weight is 468 g/mol. The van der Waals surface area contributed by atoms with Crippen molar-refractivity contribution in [1.29, 1.82) is 0 Å². The summed E-state index contributed by atoms with van der Waals surface area (Å²) in [5.41, 5.74) is 4.09. The van der Waals surface area contributed by atoms with Crippen molar-refractivity contribution in [3.8, 4) is 0 Å². The van der Waals surface area contributed by atoms with Gasteiger partial charge in [-0.1, -0.05) is 0 Å². The maximum Gasteiger partial charge on any atom is 0.737 e. The van der Waals surface area contributed by atoms with Gasteiger partial charge in [0.1, 0.15) is 11.5 Å². The molecule has 0 aliphatic carbocycles. The molecule has 0 saturated carbocycles. The fraction of sp³-hybridized carbons (Fsp3) is 0.211. The molecule has 0 amide bonds. The fourth-order valence-corrected chi connectivity index (χ4v) is 4.73. The highest BCUT2D eigenvalue weighted by Gasteiger charge is 2.55. The molecule has 0 radical (unpaired) electrons. The molecule has 26 heavy (non-hydrogen) atoms. The van der Waals surface area contributed by atoms with E-state index in [1.165, 1.54) is 6.07 Å². The van der Waals surface area contributed by atoms with E-state index in [0.29, 0.717) is 33.9 Å². The molecule has 2 nitrogen and oxygen atoms in total. The number of fused-ring (bicyclic) bond motifs is 2. The highest BCUT2D eigenvalue weighted by molar-refractivity contribution is 14.1. The number of aryl methyl sites for hydroxylation is 2. The summed E-state index contributed by atoms with van der Waals surface area (Å²) in [7, 11) is 0. The topological polar surface area (TPSA) is 7.94 Å². The molecule has 3 heterocycles. The lowest BCUT2D eigenvalue weighted by Crippen LogP contribution is -2.51. The highest BCUT2D eigenvalue weighted by atomic mass is 127. The first kappa shape index (κ1) is 17.6. The predicted molar refractivity (Wildman–Crippen MR) is 107 cm³/mol. The number of nitrogens with zero attached hydrogens (tertiary/aromatic N) is 2. The SMILES string of the molecule is CC1=CC(C)=[N+]2C1=C(c1cc(I)ccc1F)c1c(C)cc(C)n1[B-]2(F)F. The van der Waals surface area contributed by atoms with Gasteiger partial charge in [-0.3, -0.25) is 0 Å². The molecule has 2 aliphatic heterocycles. The van der Waals surface area contributed by atoms with Crippen LogP contribution in [0.5, 0.6) is 0 Å². The van der Waals surface area contributed by atoms with Crippen molar-refractivity contribution in [1.82, 2.24) is 4.48 Å². The molecule has 0 fully saturated rings. The van der Waals surface area contributed by atoms with E-state index in [9.17, 15) is 4.39 Å². The van der Waals surface area contributed by atoms with E-state index in [0.717, 1.165) is 23.7 Å². The lowest BCUT2D eigenvalue weighted by molar-refractivity contribution is -0.363. The standard InChI is InChI=1S/C19H17BF3IN2/c1-10-7-12(3)25-18(10)17(15-9-14(24)5-6-16(15)21)19-11(2)8-13(4)26(19)20(25,22)23/h5-9H,1-4H3. The summed E-state index contributed by atoms with van der Waals surface area (Å²) in [5, 5.41) is 0. The summed E-state index contributed by atoms with van der Waals surface area (Å²) in [6.07, 6.45) is 1.74. The van der Waals surface area contributed by atoms with Crippen LogP contribution in [0.15, 0.2) is 41.6 Å². The smallest absolute Gasteiger partial charge is 0.393 e. The average Bonchev–Trinajstić information content (AvgIpc) is 3.00. The first-order valence-corrected chi connectivity index (χ1v) is 9.45. The largest absolute Gasteiger partial charge is 0.737 e.